The third-order valence-electron chi connectivity index (χ3n) is 7.88. The van der Waals surface area contributed by atoms with Gasteiger partial charge in [0, 0.05) is 36.8 Å². The number of nitrogens with zero attached hydrogens (tertiary/aromatic N) is 1. The molecule has 2 aliphatic rings. The first-order valence-corrected chi connectivity index (χ1v) is 11.8. The summed E-state index contributed by atoms with van der Waals surface area (Å²) in [5, 5.41) is 4.16. The van der Waals surface area contributed by atoms with Gasteiger partial charge in [-0.3, -0.25) is 10.1 Å². The fraction of sp³-hybridized carbons (Fsp3) is 0.233. The smallest absolute Gasteiger partial charge is 0.163 e. The highest BCUT2D eigenvalue weighted by Gasteiger charge is 2.60. The van der Waals surface area contributed by atoms with E-state index >= 15 is 0 Å². The molecule has 33 heavy (non-hydrogen) atoms. The second-order valence-electron chi connectivity index (χ2n) is 9.51. The highest BCUT2D eigenvalue weighted by atomic mass is 16.1. The predicted molar refractivity (Wildman–Crippen MR) is 131 cm³/mol. The van der Waals surface area contributed by atoms with Crippen LogP contribution in [0.1, 0.15) is 57.9 Å². The molecule has 0 saturated carbocycles. The molecule has 0 spiro atoms. The van der Waals surface area contributed by atoms with Gasteiger partial charge in [0.15, 0.2) is 5.78 Å². The van der Waals surface area contributed by atoms with Crippen LogP contribution in [-0.2, 0) is 18.1 Å². The average molecular weight is 433 g/mol. The molecule has 0 aliphatic carbocycles. The first kappa shape index (κ1) is 20.2. The Bertz CT molecular complexity index is 1300. The van der Waals surface area contributed by atoms with Crippen molar-refractivity contribution in [2.75, 3.05) is 0 Å². The maximum absolute atomic E-state index is 13.5. The van der Waals surface area contributed by atoms with Crippen LogP contribution in [-0.4, -0.2) is 10.4 Å². The lowest BCUT2D eigenvalue weighted by molar-refractivity contribution is 0.0942. The van der Waals surface area contributed by atoms with Crippen LogP contribution >= 0.6 is 0 Å². The molecule has 3 nitrogen and oxygen atoms in total. The van der Waals surface area contributed by atoms with Gasteiger partial charge >= 0.3 is 0 Å². The number of hydrogen-bond donors (Lipinski definition) is 1. The molecule has 0 amide bonds. The van der Waals surface area contributed by atoms with Gasteiger partial charge in [0.2, 0.25) is 0 Å². The molecule has 1 saturated heterocycles. The Hall–Kier alpha value is -3.43. The monoisotopic (exact) mass is 432 g/mol. The lowest BCUT2D eigenvalue weighted by atomic mass is 9.69. The summed E-state index contributed by atoms with van der Waals surface area (Å²) in [5.74, 6) is 0.242. The van der Waals surface area contributed by atoms with Crippen LogP contribution in [0, 0.1) is 0 Å². The van der Waals surface area contributed by atoms with Crippen LogP contribution in [0.4, 0.5) is 0 Å². The minimum absolute atomic E-state index is 0.0435. The fourth-order valence-electron chi connectivity index (χ4n) is 6.37. The number of Topliss-reactive ketones (excluding diaryl/α,β-unsaturated/α-hetero) is 1. The quantitative estimate of drug-likeness (QED) is 0.397. The van der Waals surface area contributed by atoms with Gasteiger partial charge in [-0.2, -0.15) is 0 Å². The Morgan fingerprint density at radius 1 is 0.848 bits per heavy atom. The maximum atomic E-state index is 13.5. The molecule has 1 fully saturated rings. The molecule has 3 heterocycles. The molecule has 2 aliphatic heterocycles. The highest BCUT2D eigenvalue weighted by molar-refractivity contribution is 5.96. The minimum Gasteiger partial charge on any atom is -0.354 e. The zero-order valence-corrected chi connectivity index (χ0v) is 18.9. The second kappa shape index (κ2) is 7.57. The topological polar surface area (TPSA) is 34.0 Å². The van der Waals surface area contributed by atoms with E-state index in [4.69, 9.17) is 0 Å². The number of rotatable bonds is 5. The van der Waals surface area contributed by atoms with Gasteiger partial charge in [-0.05, 0) is 35.6 Å². The summed E-state index contributed by atoms with van der Waals surface area (Å²) < 4.78 is 2.25. The first-order valence-electron chi connectivity index (χ1n) is 11.8. The van der Waals surface area contributed by atoms with Gasteiger partial charge < -0.3 is 4.57 Å². The van der Waals surface area contributed by atoms with Crippen molar-refractivity contribution in [3.63, 3.8) is 0 Å². The molecule has 0 radical (unpaired) electrons. The molecule has 2 bridgehead atoms. The number of hydrogen-bond acceptors (Lipinski definition) is 2. The summed E-state index contributed by atoms with van der Waals surface area (Å²) in [6, 6.07) is 33.5. The van der Waals surface area contributed by atoms with Crippen molar-refractivity contribution in [1.82, 2.24) is 9.88 Å². The number of aromatic nitrogens is 1. The number of carbonyl (C=O) groups is 1. The van der Waals surface area contributed by atoms with Gasteiger partial charge in [-0.15, -0.1) is 0 Å². The molecule has 4 aromatic rings. The fourth-order valence-corrected chi connectivity index (χ4v) is 6.37. The van der Waals surface area contributed by atoms with Crippen molar-refractivity contribution in [3.05, 3.63) is 131 Å². The van der Waals surface area contributed by atoms with Crippen molar-refractivity contribution in [2.24, 2.45) is 7.05 Å². The molecule has 3 aromatic carbocycles. The van der Waals surface area contributed by atoms with Gasteiger partial charge in [0.05, 0.1) is 11.1 Å². The van der Waals surface area contributed by atoms with Crippen molar-refractivity contribution in [3.8, 4) is 0 Å². The Morgan fingerprint density at radius 3 is 2.12 bits per heavy atom. The summed E-state index contributed by atoms with van der Waals surface area (Å²) in [6.45, 7) is 0. The third-order valence-corrected chi connectivity index (χ3v) is 7.88. The number of nitrogens with one attached hydrogen (secondary N) is 1. The number of fused-ring (bicyclic) bond motifs is 4. The SMILES string of the molecule is Cn1ccc2c1[C@H](CC(=O)c1ccccc1)[C@@]1(c3ccccc3)CC[C@]2(c2ccccc2)N1. The molecule has 1 N–H and O–H groups in total. The van der Waals surface area contributed by atoms with E-state index in [2.05, 4.69) is 89.9 Å². The third kappa shape index (κ3) is 2.96. The summed E-state index contributed by atoms with van der Waals surface area (Å²) in [7, 11) is 2.13. The van der Waals surface area contributed by atoms with E-state index in [9.17, 15) is 4.79 Å². The zero-order valence-electron chi connectivity index (χ0n) is 18.9. The molecule has 0 unspecified atom stereocenters. The van der Waals surface area contributed by atoms with E-state index in [1.54, 1.807) is 0 Å². The van der Waals surface area contributed by atoms with Gasteiger partial charge in [0.1, 0.15) is 0 Å². The van der Waals surface area contributed by atoms with Gasteiger partial charge in [-0.25, -0.2) is 0 Å². The van der Waals surface area contributed by atoms with E-state index in [1.807, 2.05) is 30.3 Å². The molecule has 164 valence electrons. The van der Waals surface area contributed by atoms with E-state index in [0.717, 1.165) is 18.4 Å². The van der Waals surface area contributed by atoms with Crippen LogP contribution in [0.5, 0.6) is 0 Å². The van der Waals surface area contributed by atoms with Crippen LogP contribution in [0.25, 0.3) is 0 Å². The first-order chi connectivity index (χ1) is 16.1. The van der Waals surface area contributed by atoms with E-state index < -0.39 is 0 Å². The van der Waals surface area contributed by atoms with Crippen molar-refractivity contribution in [2.45, 2.75) is 36.3 Å². The molecule has 6 rings (SSSR count). The van der Waals surface area contributed by atoms with Crippen molar-refractivity contribution < 1.29 is 4.79 Å². The standard InChI is InChI=1S/C30H28N2O/c1-32-20-17-25-28(32)26(21-27(33)22-11-5-2-6-12-22)30(24-15-9-4-10-16-24)19-18-29(25,31-30)23-13-7-3-8-14-23/h2-17,20,26,31H,18-19,21H2,1H3/t26-,29+,30-/m0/s1. The minimum atomic E-state index is -0.305. The molecule has 3 heteroatoms. The maximum Gasteiger partial charge on any atom is 0.163 e. The van der Waals surface area contributed by atoms with Crippen LogP contribution < -0.4 is 5.32 Å². The normalized spacial score (nSPS) is 25.5. The van der Waals surface area contributed by atoms with Crippen LogP contribution in [0.2, 0.25) is 0 Å². The number of carbonyl (C=O) groups excluding carboxylic acids is 1. The van der Waals surface area contributed by atoms with Crippen molar-refractivity contribution >= 4 is 5.78 Å². The Labute approximate surface area is 195 Å². The lowest BCUT2D eigenvalue weighted by Gasteiger charge is -2.47. The van der Waals surface area contributed by atoms with E-state index in [-0.39, 0.29) is 22.8 Å². The number of aryl methyl sites for hydroxylation is 1. The molecule has 1 aromatic heterocycles. The zero-order chi connectivity index (χ0) is 22.5. The van der Waals surface area contributed by atoms with Crippen LogP contribution in [0.15, 0.2) is 103 Å². The van der Waals surface area contributed by atoms with Crippen LogP contribution in [0.3, 0.4) is 0 Å². The highest BCUT2D eigenvalue weighted by Crippen LogP contribution is 2.59. The molecular weight excluding hydrogens is 404 g/mol. The van der Waals surface area contributed by atoms with Gasteiger partial charge in [-0.1, -0.05) is 91.0 Å². The van der Waals surface area contributed by atoms with Gasteiger partial charge in [0.25, 0.3) is 0 Å². The Morgan fingerprint density at radius 2 is 1.45 bits per heavy atom. The predicted octanol–water partition coefficient (Wildman–Crippen LogP) is 5.92. The average Bonchev–Trinajstić information content (AvgIpc) is 3.45. The summed E-state index contributed by atoms with van der Waals surface area (Å²) in [4.78, 5) is 13.5. The number of benzene rings is 3. The van der Waals surface area contributed by atoms with E-state index in [0.29, 0.717) is 6.42 Å². The summed E-state index contributed by atoms with van der Waals surface area (Å²) in [5.41, 5.74) is 5.38. The van der Waals surface area contributed by atoms with E-state index in [1.165, 1.54) is 22.4 Å². The lowest BCUT2D eigenvalue weighted by Crippen LogP contribution is -2.55. The molecular formula is C30H28N2O. The van der Waals surface area contributed by atoms with Crippen molar-refractivity contribution in [1.29, 1.82) is 0 Å². The Balaban J connectivity index is 1.56. The molecule has 3 atom stereocenters. The number of ketones is 1. The summed E-state index contributed by atoms with van der Waals surface area (Å²) in [6.07, 6.45) is 4.62. The second-order valence-corrected chi connectivity index (χ2v) is 9.51. The summed E-state index contributed by atoms with van der Waals surface area (Å²) >= 11 is 0. The largest absolute Gasteiger partial charge is 0.354 e. The Kier molecular flexibility index (Phi) is 4.63.